The molecular formula is C11H13ClFN. The van der Waals surface area contributed by atoms with Crippen molar-refractivity contribution in [2.45, 2.75) is 12.5 Å². The number of rotatable bonds is 4. The Morgan fingerprint density at radius 3 is 2.86 bits per heavy atom. The van der Waals surface area contributed by atoms with E-state index in [1.807, 2.05) is 7.05 Å². The Hall–Kier alpha value is -0.860. The monoisotopic (exact) mass is 213 g/mol. The average Bonchev–Trinajstić information content (AvgIpc) is 2.17. The molecule has 0 saturated heterocycles. The number of hydrogen-bond acceptors (Lipinski definition) is 1. The standard InChI is InChI=1S/C11H13ClFN/c1-3-10(14-2)6-8-4-5-9(13)7-11(8)12/h3-5,7,10,14H,1,6H2,2H3. The van der Waals surface area contributed by atoms with Gasteiger partial charge in [-0.25, -0.2) is 4.39 Å². The van der Waals surface area contributed by atoms with Crippen molar-refractivity contribution in [2.75, 3.05) is 7.05 Å². The Bertz CT molecular complexity index is 325. The first-order valence-electron chi connectivity index (χ1n) is 4.41. The van der Waals surface area contributed by atoms with E-state index in [1.54, 1.807) is 12.1 Å². The number of halogens is 2. The van der Waals surface area contributed by atoms with Crippen LogP contribution in [0, 0.1) is 5.82 Å². The molecule has 0 heterocycles. The molecule has 14 heavy (non-hydrogen) atoms. The van der Waals surface area contributed by atoms with Crippen molar-refractivity contribution in [1.29, 1.82) is 0 Å². The van der Waals surface area contributed by atoms with Crippen molar-refractivity contribution in [2.24, 2.45) is 0 Å². The highest BCUT2D eigenvalue weighted by molar-refractivity contribution is 6.31. The van der Waals surface area contributed by atoms with Crippen molar-refractivity contribution >= 4 is 11.6 Å². The van der Waals surface area contributed by atoms with Crippen molar-refractivity contribution in [3.63, 3.8) is 0 Å². The first kappa shape index (κ1) is 11.2. The Kier molecular flexibility index (Phi) is 4.11. The summed E-state index contributed by atoms with van der Waals surface area (Å²) in [7, 11) is 1.85. The molecule has 0 aliphatic rings. The van der Waals surface area contributed by atoms with E-state index < -0.39 is 0 Å². The molecular weight excluding hydrogens is 201 g/mol. The van der Waals surface area contributed by atoms with Crippen LogP contribution >= 0.6 is 11.6 Å². The fraction of sp³-hybridized carbons (Fsp3) is 0.273. The number of benzene rings is 1. The van der Waals surface area contributed by atoms with Gasteiger partial charge in [0.25, 0.3) is 0 Å². The summed E-state index contributed by atoms with van der Waals surface area (Å²) in [6.07, 6.45) is 2.53. The fourth-order valence-electron chi connectivity index (χ4n) is 1.23. The van der Waals surface area contributed by atoms with Gasteiger partial charge < -0.3 is 5.32 Å². The second-order valence-corrected chi connectivity index (χ2v) is 3.48. The molecule has 1 rings (SSSR count). The largest absolute Gasteiger partial charge is 0.313 e. The topological polar surface area (TPSA) is 12.0 Å². The van der Waals surface area contributed by atoms with Gasteiger partial charge in [-0.2, -0.15) is 0 Å². The van der Waals surface area contributed by atoms with Crippen LogP contribution in [0.4, 0.5) is 4.39 Å². The molecule has 0 saturated carbocycles. The molecule has 76 valence electrons. The molecule has 1 aromatic rings. The van der Waals surface area contributed by atoms with Gasteiger partial charge in [0.05, 0.1) is 0 Å². The molecule has 1 aromatic carbocycles. The maximum Gasteiger partial charge on any atom is 0.124 e. The molecule has 0 aliphatic heterocycles. The first-order chi connectivity index (χ1) is 6.67. The number of likely N-dealkylation sites (N-methyl/N-ethyl adjacent to an activating group) is 1. The molecule has 0 aliphatic carbocycles. The van der Waals surface area contributed by atoms with E-state index in [-0.39, 0.29) is 11.9 Å². The summed E-state index contributed by atoms with van der Waals surface area (Å²) < 4.78 is 12.7. The zero-order valence-electron chi connectivity index (χ0n) is 8.06. The van der Waals surface area contributed by atoms with E-state index in [1.165, 1.54) is 12.1 Å². The van der Waals surface area contributed by atoms with E-state index in [0.717, 1.165) is 12.0 Å². The normalized spacial score (nSPS) is 12.5. The quantitative estimate of drug-likeness (QED) is 0.759. The average molecular weight is 214 g/mol. The highest BCUT2D eigenvalue weighted by Gasteiger charge is 2.06. The van der Waals surface area contributed by atoms with Gasteiger partial charge in [-0.15, -0.1) is 6.58 Å². The van der Waals surface area contributed by atoms with Crippen LogP contribution < -0.4 is 5.32 Å². The summed E-state index contributed by atoms with van der Waals surface area (Å²) in [4.78, 5) is 0. The Labute approximate surface area is 88.6 Å². The van der Waals surface area contributed by atoms with Gasteiger partial charge in [0, 0.05) is 11.1 Å². The minimum atomic E-state index is -0.307. The van der Waals surface area contributed by atoms with E-state index in [0.29, 0.717) is 5.02 Å². The van der Waals surface area contributed by atoms with Crippen molar-refractivity contribution < 1.29 is 4.39 Å². The summed E-state index contributed by atoms with van der Waals surface area (Å²) in [5.74, 6) is -0.307. The molecule has 0 radical (unpaired) electrons. The lowest BCUT2D eigenvalue weighted by molar-refractivity contribution is 0.624. The zero-order valence-corrected chi connectivity index (χ0v) is 8.81. The van der Waals surface area contributed by atoms with Gasteiger partial charge in [-0.3, -0.25) is 0 Å². The van der Waals surface area contributed by atoms with Gasteiger partial charge in [0.2, 0.25) is 0 Å². The minimum absolute atomic E-state index is 0.165. The maximum atomic E-state index is 12.7. The number of nitrogens with one attached hydrogen (secondary N) is 1. The predicted molar refractivity (Wildman–Crippen MR) is 58.2 cm³/mol. The third-order valence-electron chi connectivity index (χ3n) is 2.11. The van der Waals surface area contributed by atoms with Crippen molar-refractivity contribution in [1.82, 2.24) is 5.32 Å². The Balaban J connectivity index is 2.80. The van der Waals surface area contributed by atoms with E-state index in [4.69, 9.17) is 11.6 Å². The van der Waals surface area contributed by atoms with Gasteiger partial charge in [0.1, 0.15) is 5.82 Å². The third-order valence-corrected chi connectivity index (χ3v) is 2.46. The first-order valence-corrected chi connectivity index (χ1v) is 4.79. The van der Waals surface area contributed by atoms with E-state index in [9.17, 15) is 4.39 Å². The van der Waals surface area contributed by atoms with Crippen molar-refractivity contribution in [3.05, 3.63) is 47.3 Å². The van der Waals surface area contributed by atoms with Gasteiger partial charge in [-0.05, 0) is 31.2 Å². The molecule has 1 unspecified atom stereocenters. The molecule has 0 aromatic heterocycles. The lowest BCUT2D eigenvalue weighted by atomic mass is 10.1. The summed E-state index contributed by atoms with van der Waals surface area (Å²) in [5, 5.41) is 3.54. The molecule has 0 fully saturated rings. The van der Waals surface area contributed by atoms with E-state index >= 15 is 0 Å². The predicted octanol–water partition coefficient (Wildman–Crippen LogP) is 2.80. The third kappa shape index (κ3) is 2.82. The molecule has 3 heteroatoms. The van der Waals surface area contributed by atoms with Gasteiger partial charge in [0.15, 0.2) is 0 Å². The lowest BCUT2D eigenvalue weighted by Gasteiger charge is -2.12. The SMILES string of the molecule is C=CC(Cc1ccc(F)cc1Cl)NC. The zero-order chi connectivity index (χ0) is 10.6. The van der Waals surface area contributed by atoms with Crippen LogP contribution in [0.2, 0.25) is 5.02 Å². The summed E-state index contributed by atoms with van der Waals surface area (Å²) in [5.41, 5.74) is 0.923. The lowest BCUT2D eigenvalue weighted by Crippen LogP contribution is -2.24. The molecule has 1 N–H and O–H groups in total. The smallest absolute Gasteiger partial charge is 0.124 e. The van der Waals surface area contributed by atoms with Crippen LogP contribution in [0.25, 0.3) is 0 Å². The number of hydrogen-bond donors (Lipinski definition) is 1. The second-order valence-electron chi connectivity index (χ2n) is 3.07. The summed E-state index contributed by atoms with van der Waals surface area (Å²) >= 11 is 5.89. The van der Waals surface area contributed by atoms with Crippen LogP contribution in [0.5, 0.6) is 0 Å². The van der Waals surface area contributed by atoms with Crippen LogP contribution in [0.15, 0.2) is 30.9 Å². The molecule has 1 atom stereocenters. The fourth-order valence-corrected chi connectivity index (χ4v) is 1.47. The Morgan fingerprint density at radius 2 is 2.36 bits per heavy atom. The van der Waals surface area contributed by atoms with Crippen LogP contribution in [0.1, 0.15) is 5.56 Å². The van der Waals surface area contributed by atoms with Crippen LogP contribution in [-0.4, -0.2) is 13.1 Å². The highest BCUT2D eigenvalue weighted by Crippen LogP contribution is 2.18. The molecule has 0 spiro atoms. The van der Waals surface area contributed by atoms with Crippen LogP contribution in [-0.2, 0) is 6.42 Å². The van der Waals surface area contributed by atoms with Crippen LogP contribution in [0.3, 0.4) is 0 Å². The Morgan fingerprint density at radius 1 is 1.64 bits per heavy atom. The van der Waals surface area contributed by atoms with Gasteiger partial charge >= 0.3 is 0 Å². The summed E-state index contributed by atoms with van der Waals surface area (Å²) in [6.45, 7) is 3.70. The highest BCUT2D eigenvalue weighted by atomic mass is 35.5. The minimum Gasteiger partial charge on any atom is -0.313 e. The summed E-state index contributed by atoms with van der Waals surface area (Å²) in [6, 6.07) is 4.60. The maximum absolute atomic E-state index is 12.7. The van der Waals surface area contributed by atoms with E-state index in [2.05, 4.69) is 11.9 Å². The second kappa shape index (κ2) is 5.13. The molecule has 1 nitrogen and oxygen atoms in total. The van der Waals surface area contributed by atoms with Gasteiger partial charge in [-0.1, -0.05) is 23.7 Å². The molecule has 0 bridgehead atoms. The van der Waals surface area contributed by atoms with Crippen molar-refractivity contribution in [3.8, 4) is 0 Å². The molecule has 0 amide bonds.